The number of halogens is 2. The van der Waals surface area contributed by atoms with Crippen LogP contribution in [-0.4, -0.2) is 19.6 Å². The van der Waals surface area contributed by atoms with Gasteiger partial charge in [-0.15, -0.1) is 0 Å². The van der Waals surface area contributed by atoms with E-state index in [0.717, 1.165) is 30.6 Å². The molecule has 0 fully saturated rings. The van der Waals surface area contributed by atoms with E-state index in [1.165, 1.54) is 25.3 Å². The Kier molecular flexibility index (Phi) is 4.69. The van der Waals surface area contributed by atoms with Gasteiger partial charge in [-0.25, -0.2) is 0 Å². The van der Waals surface area contributed by atoms with Crippen LogP contribution in [0.4, 0.5) is 8.78 Å². The Morgan fingerprint density at radius 3 is 2.92 bits per heavy atom. The number of fused-ring (bicyclic) bond motifs is 1. The quantitative estimate of drug-likeness (QED) is 0.904. The number of hydrogen-bond acceptors (Lipinski definition) is 4. The molecule has 0 spiro atoms. The maximum Gasteiger partial charge on any atom is 0.387 e. The van der Waals surface area contributed by atoms with Crippen LogP contribution >= 0.6 is 0 Å². The first-order valence-electron chi connectivity index (χ1n) is 7.58. The number of furan rings is 1. The van der Waals surface area contributed by atoms with Gasteiger partial charge in [0.15, 0.2) is 11.5 Å². The molecule has 128 valence electrons. The number of carbonyl (C=O) groups excluding carboxylic acids is 1. The summed E-state index contributed by atoms with van der Waals surface area (Å²) in [6.45, 7) is -2.96. The first-order chi connectivity index (χ1) is 11.6. The molecule has 3 rings (SSSR count). The van der Waals surface area contributed by atoms with E-state index in [4.69, 9.17) is 9.15 Å². The molecule has 7 heteroatoms. The molecular formula is C17H17F2NO4. The fourth-order valence-electron chi connectivity index (χ4n) is 2.88. The number of aryl methyl sites for hydroxylation is 1. The number of alkyl halides is 2. The number of benzene rings is 1. The standard InChI is InChI=1S/C17H17F2NO4/c1-22-15-9-10(5-6-14(15)24-17(18)19)16(21)20-12-3-2-4-13-11(12)7-8-23-13/h5-9,12,17H,2-4H2,1H3,(H,20,21). The van der Waals surface area contributed by atoms with Gasteiger partial charge in [0.2, 0.25) is 0 Å². The summed E-state index contributed by atoms with van der Waals surface area (Å²) in [6.07, 6.45) is 4.23. The van der Waals surface area contributed by atoms with Crippen LogP contribution in [0.3, 0.4) is 0 Å². The second-order valence-electron chi connectivity index (χ2n) is 5.46. The van der Waals surface area contributed by atoms with Gasteiger partial charge in [-0.1, -0.05) is 0 Å². The van der Waals surface area contributed by atoms with Crippen molar-refractivity contribution in [3.8, 4) is 11.5 Å². The lowest BCUT2D eigenvalue weighted by atomic mass is 9.93. The van der Waals surface area contributed by atoms with Crippen LogP contribution in [0.1, 0.15) is 40.6 Å². The van der Waals surface area contributed by atoms with Gasteiger partial charge in [0.1, 0.15) is 5.76 Å². The normalized spacial score (nSPS) is 16.6. The second kappa shape index (κ2) is 6.90. The number of methoxy groups -OCH3 is 1. The van der Waals surface area contributed by atoms with E-state index in [0.29, 0.717) is 5.56 Å². The zero-order valence-corrected chi connectivity index (χ0v) is 13.1. The molecule has 1 amide bonds. The Morgan fingerprint density at radius 2 is 2.17 bits per heavy atom. The number of ether oxygens (including phenoxy) is 2. The maximum absolute atomic E-state index is 12.5. The van der Waals surface area contributed by atoms with Gasteiger partial charge < -0.3 is 19.2 Å². The lowest BCUT2D eigenvalue weighted by molar-refractivity contribution is -0.0512. The molecule has 2 aromatic rings. The number of carbonyl (C=O) groups is 1. The Labute approximate surface area is 137 Å². The first-order valence-corrected chi connectivity index (χ1v) is 7.58. The monoisotopic (exact) mass is 337 g/mol. The predicted molar refractivity (Wildman–Crippen MR) is 81.5 cm³/mol. The Morgan fingerprint density at radius 1 is 1.33 bits per heavy atom. The summed E-state index contributed by atoms with van der Waals surface area (Å²) in [5.74, 6) is 0.551. The van der Waals surface area contributed by atoms with Crippen molar-refractivity contribution < 1.29 is 27.5 Å². The first kappa shape index (κ1) is 16.3. The van der Waals surface area contributed by atoms with E-state index in [2.05, 4.69) is 10.1 Å². The van der Waals surface area contributed by atoms with E-state index in [1.54, 1.807) is 6.26 Å². The van der Waals surface area contributed by atoms with Crippen molar-refractivity contribution >= 4 is 5.91 Å². The molecule has 5 nitrogen and oxygen atoms in total. The van der Waals surface area contributed by atoms with Crippen molar-refractivity contribution in [1.82, 2.24) is 5.32 Å². The average Bonchev–Trinajstić information content (AvgIpc) is 3.04. The van der Waals surface area contributed by atoms with Crippen LogP contribution in [0.25, 0.3) is 0 Å². The molecule has 1 N–H and O–H groups in total. The van der Waals surface area contributed by atoms with E-state index in [1.807, 2.05) is 6.07 Å². The number of hydrogen-bond donors (Lipinski definition) is 1. The third kappa shape index (κ3) is 3.34. The van der Waals surface area contributed by atoms with Crippen LogP contribution in [0.2, 0.25) is 0 Å². The van der Waals surface area contributed by atoms with E-state index in [9.17, 15) is 13.6 Å². The summed E-state index contributed by atoms with van der Waals surface area (Å²) in [5, 5.41) is 2.95. The molecule has 1 aromatic heterocycles. The highest BCUT2D eigenvalue weighted by Gasteiger charge is 2.25. The van der Waals surface area contributed by atoms with Crippen molar-refractivity contribution in [2.45, 2.75) is 31.9 Å². The van der Waals surface area contributed by atoms with Crippen molar-refractivity contribution in [3.05, 3.63) is 47.4 Å². The zero-order chi connectivity index (χ0) is 17.1. The minimum atomic E-state index is -2.96. The van der Waals surface area contributed by atoms with Crippen molar-refractivity contribution in [2.75, 3.05) is 7.11 Å². The Balaban J connectivity index is 1.76. The third-order valence-electron chi connectivity index (χ3n) is 4.00. The van der Waals surface area contributed by atoms with Crippen LogP contribution in [0, 0.1) is 0 Å². The molecule has 1 aliphatic rings. The molecule has 0 radical (unpaired) electrons. The summed E-state index contributed by atoms with van der Waals surface area (Å²) in [6, 6.07) is 5.84. The Bertz CT molecular complexity index is 729. The lowest BCUT2D eigenvalue weighted by Crippen LogP contribution is -2.30. The lowest BCUT2D eigenvalue weighted by Gasteiger charge is -2.23. The van der Waals surface area contributed by atoms with Crippen LogP contribution in [-0.2, 0) is 6.42 Å². The van der Waals surface area contributed by atoms with E-state index < -0.39 is 6.61 Å². The van der Waals surface area contributed by atoms with Gasteiger partial charge in [0.05, 0.1) is 19.4 Å². The van der Waals surface area contributed by atoms with Gasteiger partial charge in [-0.05, 0) is 37.1 Å². The van der Waals surface area contributed by atoms with E-state index in [-0.39, 0.29) is 23.4 Å². The van der Waals surface area contributed by atoms with Gasteiger partial charge >= 0.3 is 6.61 Å². The van der Waals surface area contributed by atoms with Gasteiger partial charge in [0, 0.05) is 17.5 Å². The molecule has 1 unspecified atom stereocenters. The van der Waals surface area contributed by atoms with Crippen molar-refractivity contribution in [1.29, 1.82) is 0 Å². The van der Waals surface area contributed by atoms with E-state index >= 15 is 0 Å². The highest BCUT2D eigenvalue weighted by atomic mass is 19.3. The largest absolute Gasteiger partial charge is 0.493 e. The summed E-state index contributed by atoms with van der Waals surface area (Å²) in [5.41, 5.74) is 1.29. The zero-order valence-electron chi connectivity index (χ0n) is 13.1. The molecule has 0 saturated heterocycles. The summed E-state index contributed by atoms with van der Waals surface area (Å²) >= 11 is 0. The molecule has 0 bridgehead atoms. The van der Waals surface area contributed by atoms with Crippen LogP contribution in [0.15, 0.2) is 34.9 Å². The summed E-state index contributed by atoms with van der Waals surface area (Å²) in [7, 11) is 1.33. The molecule has 1 aromatic carbocycles. The molecule has 24 heavy (non-hydrogen) atoms. The number of rotatable bonds is 5. The SMILES string of the molecule is COc1cc(C(=O)NC2CCCc3occc32)ccc1OC(F)F. The topological polar surface area (TPSA) is 60.7 Å². The fourth-order valence-corrected chi connectivity index (χ4v) is 2.88. The fraction of sp³-hybridized carbons (Fsp3) is 0.353. The van der Waals surface area contributed by atoms with Crippen molar-refractivity contribution in [3.63, 3.8) is 0 Å². The predicted octanol–water partition coefficient (Wildman–Crippen LogP) is 3.70. The third-order valence-corrected chi connectivity index (χ3v) is 4.00. The molecule has 1 aliphatic carbocycles. The number of nitrogens with one attached hydrogen (secondary N) is 1. The minimum absolute atomic E-state index is 0.0793. The Hall–Kier alpha value is -2.57. The summed E-state index contributed by atoms with van der Waals surface area (Å²) < 4.78 is 39.5. The van der Waals surface area contributed by atoms with Crippen molar-refractivity contribution in [2.24, 2.45) is 0 Å². The number of amides is 1. The smallest absolute Gasteiger partial charge is 0.387 e. The second-order valence-corrected chi connectivity index (χ2v) is 5.46. The molecular weight excluding hydrogens is 320 g/mol. The molecule has 0 saturated carbocycles. The summed E-state index contributed by atoms with van der Waals surface area (Å²) in [4.78, 5) is 12.5. The maximum atomic E-state index is 12.5. The van der Waals surface area contributed by atoms with Crippen LogP contribution in [0.5, 0.6) is 11.5 Å². The molecule has 1 atom stereocenters. The average molecular weight is 337 g/mol. The molecule has 1 heterocycles. The minimum Gasteiger partial charge on any atom is -0.493 e. The van der Waals surface area contributed by atoms with Crippen LogP contribution < -0.4 is 14.8 Å². The highest BCUT2D eigenvalue weighted by Crippen LogP contribution is 2.32. The van der Waals surface area contributed by atoms with Gasteiger partial charge in [-0.3, -0.25) is 4.79 Å². The highest BCUT2D eigenvalue weighted by molar-refractivity contribution is 5.95. The molecule has 0 aliphatic heterocycles. The van der Waals surface area contributed by atoms with Gasteiger partial charge in [0.25, 0.3) is 5.91 Å². The van der Waals surface area contributed by atoms with Gasteiger partial charge in [-0.2, -0.15) is 8.78 Å².